The zero-order valence-electron chi connectivity index (χ0n) is 9.80. The van der Waals surface area contributed by atoms with Crippen LogP contribution in [0.5, 0.6) is 0 Å². The van der Waals surface area contributed by atoms with Crippen LogP contribution < -0.4 is 5.32 Å². The summed E-state index contributed by atoms with van der Waals surface area (Å²) in [6, 6.07) is 1.82. The molecule has 1 N–H and O–H groups in total. The van der Waals surface area contributed by atoms with Crippen molar-refractivity contribution in [1.82, 2.24) is 4.98 Å². The minimum Gasteiger partial charge on any atom is -0.444 e. The van der Waals surface area contributed by atoms with Crippen LogP contribution in [-0.2, 0) is 4.74 Å². The smallest absolute Gasteiger partial charge is 0.413 e. The quantitative estimate of drug-likeness (QED) is 0.860. The highest BCUT2D eigenvalue weighted by molar-refractivity contribution is 9.10. The van der Waals surface area contributed by atoms with Crippen molar-refractivity contribution >= 4 is 27.8 Å². The maximum absolute atomic E-state index is 11.5. The molecule has 0 spiro atoms. The first kappa shape index (κ1) is 13.0. The van der Waals surface area contributed by atoms with Gasteiger partial charge in [-0.05, 0) is 33.8 Å². The van der Waals surface area contributed by atoms with Crippen molar-refractivity contribution < 1.29 is 9.53 Å². The highest BCUT2D eigenvalue weighted by Crippen LogP contribution is 2.21. The molecule has 0 saturated carbocycles. The fourth-order valence-corrected chi connectivity index (χ4v) is 1.34. The van der Waals surface area contributed by atoms with E-state index in [4.69, 9.17) is 4.74 Å². The SMILES string of the molecule is Cc1c(Br)ccnc1NC(=O)OC(C)(C)C. The molecule has 1 aromatic rings. The average Bonchev–Trinajstić information content (AvgIpc) is 2.09. The monoisotopic (exact) mass is 286 g/mol. The highest BCUT2D eigenvalue weighted by atomic mass is 79.9. The molecule has 1 amide bonds. The number of amides is 1. The van der Waals surface area contributed by atoms with Crippen LogP contribution in [0.3, 0.4) is 0 Å². The van der Waals surface area contributed by atoms with Gasteiger partial charge < -0.3 is 4.74 Å². The van der Waals surface area contributed by atoms with Crippen LogP contribution in [0.15, 0.2) is 16.7 Å². The molecule has 0 bridgehead atoms. The van der Waals surface area contributed by atoms with E-state index in [1.54, 1.807) is 6.20 Å². The van der Waals surface area contributed by atoms with Crippen LogP contribution in [0.2, 0.25) is 0 Å². The average molecular weight is 287 g/mol. The third-order valence-corrected chi connectivity index (χ3v) is 2.62. The molecule has 16 heavy (non-hydrogen) atoms. The number of hydrogen-bond donors (Lipinski definition) is 1. The highest BCUT2D eigenvalue weighted by Gasteiger charge is 2.17. The van der Waals surface area contributed by atoms with E-state index < -0.39 is 11.7 Å². The Morgan fingerprint density at radius 3 is 2.69 bits per heavy atom. The molecule has 0 unspecified atom stereocenters. The first-order valence-electron chi connectivity index (χ1n) is 4.91. The number of aromatic nitrogens is 1. The summed E-state index contributed by atoms with van der Waals surface area (Å²) in [5, 5.41) is 2.61. The minimum absolute atomic E-state index is 0.499. The van der Waals surface area contributed by atoms with Crippen molar-refractivity contribution in [3.05, 3.63) is 22.3 Å². The van der Waals surface area contributed by atoms with Crippen LogP contribution in [0.4, 0.5) is 10.6 Å². The van der Waals surface area contributed by atoms with Gasteiger partial charge in [-0.2, -0.15) is 0 Å². The van der Waals surface area contributed by atoms with Crippen molar-refractivity contribution in [2.24, 2.45) is 0 Å². The normalized spacial score (nSPS) is 11.1. The molecule has 0 aliphatic carbocycles. The predicted molar refractivity (Wildman–Crippen MR) is 66.5 cm³/mol. The molecule has 0 aromatic carbocycles. The lowest BCUT2D eigenvalue weighted by molar-refractivity contribution is 0.0635. The van der Waals surface area contributed by atoms with Gasteiger partial charge in [0.1, 0.15) is 11.4 Å². The first-order chi connectivity index (χ1) is 7.29. The Bertz CT molecular complexity index is 399. The molecule has 1 heterocycles. The zero-order valence-corrected chi connectivity index (χ0v) is 11.4. The Morgan fingerprint density at radius 2 is 2.12 bits per heavy atom. The van der Waals surface area contributed by atoms with Crippen LogP contribution in [-0.4, -0.2) is 16.7 Å². The predicted octanol–water partition coefficient (Wildman–Crippen LogP) is 3.50. The zero-order chi connectivity index (χ0) is 12.3. The fourth-order valence-electron chi connectivity index (χ4n) is 1.04. The molecule has 1 aromatic heterocycles. The Balaban J connectivity index is 2.74. The van der Waals surface area contributed by atoms with Crippen molar-refractivity contribution in [2.75, 3.05) is 5.32 Å². The third-order valence-electron chi connectivity index (χ3n) is 1.76. The number of hydrogen-bond acceptors (Lipinski definition) is 3. The lowest BCUT2D eigenvalue weighted by atomic mass is 10.2. The Morgan fingerprint density at radius 1 is 1.50 bits per heavy atom. The Kier molecular flexibility index (Phi) is 3.91. The maximum Gasteiger partial charge on any atom is 0.413 e. The number of rotatable bonds is 1. The number of halogens is 1. The van der Waals surface area contributed by atoms with Gasteiger partial charge >= 0.3 is 6.09 Å². The van der Waals surface area contributed by atoms with Gasteiger partial charge in [-0.15, -0.1) is 0 Å². The molecule has 0 aliphatic heterocycles. The summed E-state index contributed by atoms with van der Waals surface area (Å²) in [7, 11) is 0. The topological polar surface area (TPSA) is 51.2 Å². The molecule has 0 fully saturated rings. The van der Waals surface area contributed by atoms with Crippen molar-refractivity contribution in [3.63, 3.8) is 0 Å². The van der Waals surface area contributed by atoms with Crippen molar-refractivity contribution in [3.8, 4) is 0 Å². The van der Waals surface area contributed by atoms with Gasteiger partial charge in [0.25, 0.3) is 0 Å². The summed E-state index contributed by atoms with van der Waals surface area (Å²) < 4.78 is 6.03. The third kappa shape index (κ3) is 3.81. The summed E-state index contributed by atoms with van der Waals surface area (Å²) >= 11 is 3.37. The van der Waals surface area contributed by atoms with Gasteiger partial charge in [0, 0.05) is 16.2 Å². The summed E-state index contributed by atoms with van der Waals surface area (Å²) in [5.41, 5.74) is 0.359. The standard InChI is InChI=1S/C11H15BrN2O2/c1-7-8(12)5-6-13-9(7)14-10(15)16-11(2,3)4/h5-6H,1-4H3,(H,13,14,15). The van der Waals surface area contributed by atoms with E-state index in [9.17, 15) is 4.79 Å². The second kappa shape index (κ2) is 4.82. The Hall–Kier alpha value is -1.10. The molecule has 88 valence electrons. The van der Waals surface area contributed by atoms with Crippen LogP contribution in [0.25, 0.3) is 0 Å². The lowest BCUT2D eigenvalue weighted by Crippen LogP contribution is -2.27. The van der Waals surface area contributed by atoms with Crippen LogP contribution in [0, 0.1) is 6.92 Å². The van der Waals surface area contributed by atoms with Gasteiger partial charge in [0.2, 0.25) is 0 Å². The number of nitrogens with zero attached hydrogens (tertiary/aromatic N) is 1. The van der Waals surface area contributed by atoms with E-state index in [0.29, 0.717) is 5.82 Å². The van der Waals surface area contributed by atoms with E-state index in [0.717, 1.165) is 10.0 Å². The van der Waals surface area contributed by atoms with E-state index in [-0.39, 0.29) is 0 Å². The van der Waals surface area contributed by atoms with Gasteiger partial charge in [-0.1, -0.05) is 15.9 Å². The number of carbonyl (C=O) groups excluding carboxylic acids is 1. The second-order valence-electron chi connectivity index (χ2n) is 4.39. The van der Waals surface area contributed by atoms with Gasteiger partial charge in [-0.3, -0.25) is 5.32 Å². The molecular formula is C11H15BrN2O2. The molecule has 0 saturated heterocycles. The van der Waals surface area contributed by atoms with Crippen LogP contribution in [0.1, 0.15) is 26.3 Å². The van der Waals surface area contributed by atoms with Crippen LogP contribution >= 0.6 is 15.9 Å². The fraction of sp³-hybridized carbons (Fsp3) is 0.455. The van der Waals surface area contributed by atoms with Gasteiger partial charge in [0.05, 0.1) is 0 Å². The van der Waals surface area contributed by atoms with Gasteiger partial charge in [-0.25, -0.2) is 9.78 Å². The molecule has 1 rings (SSSR count). The molecule has 5 heteroatoms. The van der Waals surface area contributed by atoms with Crippen molar-refractivity contribution in [1.29, 1.82) is 0 Å². The number of pyridine rings is 1. The lowest BCUT2D eigenvalue weighted by Gasteiger charge is -2.19. The van der Waals surface area contributed by atoms with E-state index in [1.165, 1.54) is 0 Å². The summed E-state index contributed by atoms with van der Waals surface area (Å²) in [6.45, 7) is 7.30. The number of anilines is 1. The number of ether oxygens (including phenoxy) is 1. The summed E-state index contributed by atoms with van der Waals surface area (Å²) in [4.78, 5) is 15.6. The first-order valence-corrected chi connectivity index (χ1v) is 5.70. The number of carbonyl (C=O) groups is 1. The Labute approximate surface area is 104 Å². The maximum atomic E-state index is 11.5. The second-order valence-corrected chi connectivity index (χ2v) is 5.25. The van der Waals surface area contributed by atoms with E-state index in [2.05, 4.69) is 26.2 Å². The molecule has 0 aliphatic rings. The van der Waals surface area contributed by atoms with E-state index in [1.807, 2.05) is 33.8 Å². The molecule has 4 nitrogen and oxygen atoms in total. The van der Waals surface area contributed by atoms with Gasteiger partial charge in [0.15, 0.2) is 0 Å². The van der Waals surface area contributed by atoms with E-state index >= 15 is 0 Å². The number of nitrogens with one attached hydrogen (secondary N) is 1. The molecular weight excluding hydrogens is 272 g/mol. The summed E-state index contributed by atoms with van der Waals surface area (Å²) in [5.74, 6) is 0.503. The summed E-state index contributed by atoms with van der Waals surface area (Å²) in [6.07, 6.45) is 1.12. The largest absolute Gasteiger partial charge is 0.444 e. The van der Waals surface area contributed by atoms with Crippen molar-refractivity contribution in [2.45, 2.75) is 33.3 Å². The minimum atomic E-state index is -0.510. The molecule has 0 radical (unpaired) electrons. The molecule has 0 atom stereocenters.